The van der Waals surface area contributed by atoms with E-state index in [1.807, 2.05) is 24.4 Å². The average Bonchev–Trinajstić information content (AvgIpc) is 4.10. The second kappa shape index (κ2) is 15.1. The SMILES string of the molecule is Cc1ccc(-n2[c](=[Pt])n(-c3c(-c4ccccc4)cccc3-c3ccccc3)c3ccccc32)[c-]c1Oc1[c-]c2c(cc1)c1cc3c4cccc5c6ccccc6n(c3cc1n2-c1ccccn1)c54. The minimum absolute atomic E-state index is 0.594. The summed E-state index contributed by atoms with van der Waals surface area (Å²) in [6.45, 7) is 2.07. The Balaban J connectivity index is 0.935. The van der Waals surface area contributed by atoms with Gasteiger partial charge in [-0.05, 0) is 12.1 Å². The average molecular weight is 1050 g/mol. The first-order valence-corrected chi connectivity index (χ1v) is 23.8. The fraction of sp³-hybridized carbons (Fsp3) is 0.0164. The number of aryl methyl sites for hydroxylation is 1. The van der Waals surface area contributed by atoms with Gasteiger partial charge in [0, 0.05) is 27.7 Å². The molecule has 0 aliphatic rings. The van der Waals surface area contributed by atoms with Crippen molar-refractivity contribution >= 4 is 70.9 Å². The van der Waals surface area contributed by atoms with Gasteiger partial charge in [0.1, 0.15) is 0 Å². The molecule has 0 spiro atoms. The van der Waals surface area contributed by atoms with Crippen LogP contribution in [0.15, 0.2) is 206 Å². The van der Waals surface area contributed by atoms with Crippen molar-refractivity contribution in [1.82, 2.24) is 23.1 Å². The van der Waals surface area contributed by atoms with Crippen molar-refractivity contribution in [2.45, 2.75) is 6.92 Å². The van der Waals surface area contributed by atoms with Gasteiger partial charge in [0.05, 0.1) is 16.6 Å². The van der Waals surface area contributed by atoms with Crippen LogP contribution in [-0.4, -0.2) is 23.1 Å². The Kier molecular flexibility index (Phi) is 8.65. The van der Waals surface area contributed by atoms with Crippen molar-refractivity contribution < 1.29 is 24.1 Å². The van der Waals surface area contributed by atoms with Crippen LogP contribution >= 0.6 is 0 Å². The van der Waals surface area contributed by atoms with E-state index < -0.39 is 0 Å². The molecule has 0 radical (unpaired) electrons. The summed E-state index contributed by atoms with van der Waals surface area (Å²) < 4.78 is 17.2. The molecule has 5 heterocycles. The van der Waals surface area contributed by atoms with E-state index in [1.165, 1.54) is 32.6 Å². The van der Waals surface area contributed by atoms with Gasteiger partial charge in [-0.1, -0.05) is 42.5 Å². The van der Waals surface area contributed by atoms with Crippen LogP contribution in [-0.2, 0) is 19.4 Å². The Morgan fingerprint density at radius 1 is 0.471 bits per heavy atom. The summed E-state index contributed by atoms with van der Waals surface area (Å²) in [4.78, 5) is 4.89. The minimum atomic E-state index is 0.594. The number of pyridine rings is 1. The van der Waals surface area contributed by atoms with E-state index in [-0.39, 0.29) is 0 Å². The normalized spacial score (nSPS) is 12.0. The number of imidazole rings is 1. The van der Waals surface area contributed by atoms with Gasteiger partial charge < -0.3 is 4.40 Å². The molecule has 0 N–H and O–H groups in total. The van der Waals surface area contributed by atoms with E-state index in [4.69, 9.17) is 9.72 Å². The molecule has 0 saturated heterocycles. The summed E-state index contributed by atoms with van der Waals surface area (Å²) in [5.74, 6) is 2.04. The zero-order valence-corrected chi connectivity index (χ0v) is 38.9. The number of aromatic nitrogens is 5. The first kappa shape index (κ1) is 38.9. The molecule has 14 aromatic rings. The molecule has 5 aromatic heterocycles. The van der Waals surface area contributed by atoms with Crippen molar-refractivity contribution in [3.8, 4) is 50.9 Å². The molecule has 14 rings (SSSR count). The van der Waals surface area contributed by atoms with Crippen LogP contribution in [0.5, 0.6) is 11.5 Å². The van der Waals surface area contributed by atoms with E-state index >= 15 is 0 Å². The molecule has 7 heteroatoms. The van der Waals surface area contributed by atoms with Gasteiger partial charge in [0.25, 0.3) is 0 Å². The number of benzene rings is 9. The van der Waals surface area contributed by atoms with Crippen LogP contribution < -0.4 is 4.74 Å². The topological polar surface area (TPSA) is 41.3 Å². The van der Waals surface area contributed by atoms with Crippen LogP contribution in [0.4, 0.5) is 0 Å². The number of fused-ring (bicyclic) bond motifs is 10. The van der Waals surface area contributed by atoms with Gasteiger partial charge in [-0.25, -0.2) is 0 Å². The predicted molar refractivity (Wildman–Crippen MR) is 272 cm³/mol. The van der Waals surface area contributed by atoms with E-state index in [9.17, 15) is 0 Å². The first-order valence-electron chi connectivity index (χ1n) is 22.7. The molecule has 0 aliphatic heterocycles. The van der Waals surface area contributed by atoms with Crippen molar-refractivity contribution in [3.63, 3.8) is 0 Å². The number of nitrogens with zero attached hydrogens (tertiary/aromatic N) is 5. The second-order valence-corrected chi connectivity index (χ2v) is 18.4. The third-order valence-corrected chi connectivity index (χ3v) is 14.6. The molecular formula is C61H37N5OPt-2. The summed E-state index contributed by atoms with van der Waals surface area (Å²) >= 11 is 2.48. The maximum atomic E-state index is 6.89. The number of ether oxygens (including phenoxy) is 1. The molecule has 0 bridgehead atoms. The fourth-order valence-electron chi connectivity index (χ4n) is 10.5. The Morgan fingerprint density at radius 2 is 1.10 bits per heavy atom. The zero-order chi connectivity index (χ0) is 45.0. The van der Waals surface area contributed by atoms with Gasteiger partial charge in [0.15, 0.2) is 0 Å². The smallest absolute Gasteiger partial charge is 0.0570 e. The molecule has 324 valence electrons. The number of hydrogen-bond acceptors (Lipinski definition) is 2. The zero-order valence-electron chi connectivity index (χ0n) is 36.6. The fourth-order valence-corrected chi connectivity index (χ4v) is 11.6. The van der Waals surface area contributed by atoms with Crippen LogP contribution in [0.2, 0.25) is 0 Å². The summed E-state index contributed by atoms with van der Waals surface area (Å²) in [5, 5.41) is 7.21. The van der Waals surface area contributed by atoms with E-state index in [0.717, 1.165) is 87.2 Å². The van der Waals surface area contributed by atoms with Crippen molar-refractivity contribution in [3.05, 3.63) is 228 Å². The number of hydrogen-bond donors (Lipinski definition) is 0. The van der Waals surface area contributed by atoms with Gasteiger partial charge in [-0.3, -0.25) is 0 Å². The number of para-hydroxylation sites is 5. The molecule has 0 amide bonds. The molecule has 9 aromatic carbocycles. The number of rotatable bonds is 7. The van der Waals surface area contributed by atoms with Gasteiger partial charge in [-0.15, -0.1) is 0 Å². The van der Waals surface area contributed by atoms with E-state index in [2.05, 4.69) is 239 Å². The monoisotopic (exact) mass is 1050 g/mol. The van der Waals surface area contributed by atoms with Crippen molar-refractivity contribution in [1.29, 1.82) is 0 Å². The van der Waals surface area contributed by atoms with Crippen LogP contribution in [0, 0.1) is 22.9 Å². The third kappa shape index (κ3) is 5.74. The maximum absolute atomic E-state index is 6.89. The molecule has 0 unspecified atom stereocenters. The minimum Gasteiger partial charge on any atom is -0.0570 e. The van der Waals surface area contributed by atoms with Gasteiger partial charge >= 0.3 is 301 Å². The Labute approximate surface area is 401 Å². The van der Waals surface area contributed by atoms with Crippen LogP contribution in [0.3, 0.4) is 0 Å². The molecule has 0 saturated carbocycles. The molecular weight excluding hydrogens is 1010 g/mol. The van der Waals surface area contributed by atoms with Crippen molar-refractivity contribution in [2.24, 2.45) is 0 Å². The molecule has 0 atom stereocenters. The molecule has 6 nitrogen and oxygen atoms in total. The quantitative estimate of drug-likeness (QED) is 0.149. The third-order valence-electron chi connectivity index (χ3n) is 13.5. The van der Waals surface area contributed by atoms with E-state index in [1.54, 1.807) is 0 Å². The second-order valence-electron chi connectivity index (χ2n) is 17.3. The summed E-state index contributed by atoms with van der Waals surface area (Å²) in [6, 6.07) is 78.6. The van der Waals surface area contributed by atoms with E-state index in [0.29, 0.717) is 11.5 Å². The van der Waals surface area contributed by atoms with Gasteiger partial charge in [-0.2, -0.15) is 0 Å². The summed E-state index contributed by atoms with van der Waals surface area (Å²) in [5.41, 5.74) is 15.3. The first-order chi connectivity index (χ1) is 33.6. The Morgan fingerprint density at radius 3 is 1.84 bits per heavy atom. The standard InChI is InChI=1S/C61H37N5O.Pt/c1-39-29-30-42(63-38-64(54-27-11-10-26-53(54)63)60-44(40-16-4-2-5-17-40)21-14-22-45(60)41-18-6-3-7-19-41)34-58(39)67-43-31-32-47-50-36-51-49-24-15-23-48-46-20-8-9-25-52(46)66(61(48)49)57(51)37-56(50)65(55(47)35-43)59-28-12-13-33-62-59;/h2-33,36-37H,1H3;/q-2;. The Hall–Kier alpha value is -8.31. The van der Waals surface area contributed by atoms with Crippen LogP contribution in [0.1, 0.15) is 5.56 Å². The van der Waals surface area contributed by atoms with Crippen molar-refractivity contribution in [2.75, 3.05) is 0 Å². The molecule has 68 heavy (non-hydrogen) atoms. The molecule has 0 fully saturated rings. The van der Waals surface area contributed by atoms with Gasteiger partial charge in [0.2, 0.25) is 0 Å². The van der Waals surface area contributed by atoms with Crippen LogP contribution in [0.25, 0.3) is 110 Å². The summed E-state index contributed by atoms with van der Waals surface area (Å²) in [6.07, 6.45) is 1.85. The Bertz CT molecular complexity index is 4320. The predicted octanol–water partition coefficient (Wildman–Crippen LogP) is 15.2. The molecule has 0 aliphatic carbocycles. The summed E-state index contributed by atoms with van der Waals surface area (Å²) in [7, 11) is 0.